The van der Waals surface area contributed by atoms with Gasteiger partial charge in [-0.05, 0) is 93.7 Å². The van der Waals surface area contributed by atoms with Gasteiger partial charge in [0.2, 0.25) is 0 Å². The van der Waals surface area contributed by atoms with Crippen LogP contribution in [0.5, 0.6) is 0 Å². The zero-order valence-corrected chi connectivity index (χ0v) is 26.7. The molecule has 0 aliphatic carbocycles. The Morgan fingerprint density at radius 2 is 0.860 bits per heavy atom. The molecule has 0 saturated carbocycles. The summed E-state index contributed by atoms with van der Waals surface area (Å²) in [6.07, 6.45) is 0.941. The van der Waals surface area contributed by atoms with Crippen LogP contribution in [0.2, 0.25) is 0 Å². The van der Waals surface area contributed by atoms with E-state index in [2.05, 4.69) is 156 Å². The molecule has 1 N–H and O–H groups in total. The van der Waals surface area contributed by atoms with Crippen molar-refractivity contribution in [3.05, 3.63) is 148 Å². The minimum absolute atomic E-state index is 0.0967. The molecule has 0 unspecified atom stereocenters. The molecule has 0 spiro atoms. The summed E-state index contributed by atoms with van der Waals surface area (Å²) in [5.74, 6) is 0. The lowest BCUT2D eigenvalue weighted by molar-refractivity contribution is -2.00. The molecule has 0 heterocycles. The van der Waals surface area contributed by atoms with Gasteiger partial charge in [-0.3, -0.25) is 0 Å². The zero-order chi connectivity index (χ0) is 31.5. The maximum absolute atomic E-state index is 8.60. The maximum atomic E-state index is 8.60. The predicted molar refractivity (Wildman–Crippen MR) is 151 cm³/mol. The van der Waals surface area contributed by atoms with Crippen molar-refractivity contribution >= 4 is 33.5 Å². The molecule has 12 heteroatoms. The molecule has 0 saturated heterocycles. The fraction of sp³-hybridized carbons (Fsp3) is 0.0323. The maximum Gasteiger partial charge on any atom is 0.166 e. The molecule has 0 fully saturated rings. The van der Waals surface area contributed by atoms with Crippen molar-refractivity contribution in [3.8, 4) is 11.1 Å². The molecule has 5 rings (SSSR count). The highest BCUT2D eigenvalue weighted by Gasteiger charge is 2.28. The summed E-state index contributed by atoms with van der Waals surface area (Å²) in [5.41, 5.74) is 5.24. The van der Waals surface area contributed by atoms with Crippen LogP contribution in [0.4, 0.5) is 0 Å². The SMILES string of the molecule is Ic1ccccc1-c1ccc(Cc2ccc([S+](c3ccccc3)c3ccccc3)cc2)cc1.[O-][Cl+3]([O-])([O-])O.[O-][Cl+3]([O-])([O-])[O-]. The van der Waals surface area contributed by atoms with Crippen LogP contribution in [-0.2, 0) is 17.3 Å². The first-order chi connectivity index (χ1) is 20.3. The molecule has 0 aromatic heterocycles. The van der Waals surface area contributed by atoms with E-state index in [1.54, 1.807) is 0 Å². The molecule has 5 aromatic rings. The van der Waals surface area contributed by atoms with E-state index >= 15 is 0 Å². The van der Waals surface area contributed by atoms with Crippen LogP contribution < -0.4 is 32.6 Å². The summed E-state index contributed by atoms with van der Waals surface area (Å²) in [7, 11) is -9.74. The Hall–Kier alpha value is -2.56. The van der Waals surface area contributed by atoms with Crippen LogP contribution in [0.3, 0.4) is 0 Å². The van der Waals surface area contributed by atoms with Crippen LogP contribution >= 0.6 is 22.6 Å². The number of hydrogen-bond acceptors (Lipinski definition) is 8. The van der Waals surface area contributed by atoms with Gasteiger partial charge in [-0.2, -0.15) is 14.0 Å². The third kappa shape index (κ3) is 13.3. The van der Waals surface area contributed by atoms with Gasteiger partial charge in [-0.15, -0.1) is 10.2 Å². The van der Waals surface area contributed by atoms with E-state index in [1.807, 2.05) is 0 Å². The quantitative estimate of drug-likeness (QED) is 0.182. The van der Waals surface area contributed by atoms with Gasteiger partial charge < -0.3 is 0 Å². The summed E-state index contributed by atoms with van der Waals surface area (Å²) in [6.45, 7) is 0. The number of rotatable bonds is 6. The van der Waals surface area contributed by atoms with Crippen molar-refractivity contribution in [1.29, 1.82) is 0 Å². The van der Waals surface area contributed by atoms with E-state index in [4.69, 9.17) is 37.3 Å². The Labute approximate surface area is 270 Å². The lowest BCUT2D eigenvalue weighted by Gasteiger charge is -2.17. The summed E-state index contributed by atoms with van der Waals surface area (Å²) >= 11 is 2.41. The first kappa shape index (κ1) is 34.9. The Kier molecular flexibility index (Phi) is 13.4. The topological polar surface area (TPSA) is 182 Å². The van der Waals surface area contributed by atoms with Gasteiger partial charge in [0.05, 0.1) is 25.8 Å². The van der Waals surface area contributed by atoms with Crippen molar-refractivity contribution in [2.24, 2.45) is 0 Å². The van der Waals surface area contributed by atoms with E-state index < -0.39 is 20.5 Å². The van der Waals surface area contributed by atoms with Crippen LogP contribution in [0.15, 0.2) is 148 Å². The molecule has 0 bridgehead atoms. The van der Waals surface area contributed by atoms with Gasteiger partial charge in [0.1, 0.15) is 0 Å². The Morgan fingerprint density at radius 1 is 0.512 bits per heavy atom. The largest absolute Gasteiger partial charge is 0.222 e. The third-order valence-corrected chi connectivity index (χ3v) is 8.84. The van der Waals surface area contributed by atoms with Crippen molar-refractivity contribution < 1.29 is 57.8 Å². The minimum Gasteiger partial charge on any atom is -0.222 e. The molecular weight excluding hydrogens is 730 g/mol. The Morgan fingerprint density at radius 3 is 1.28 bits per heavy atom. The molecule has 0 aliphatic rings. The van der Waals surface area contributed by atoms with Gasteiger partial charge in [0, 0.05) is 3.57 Å². The molecule has 8 nitrogen and oxygen atoms in total. The van der Waals surface area contributed by atoms with Gasteiger partial charge in [0.25, 0.3) is 0 Å². The third-order valence-electron chi connectivity index (χ3n) is 5.66. The molecular formula is C31H25Cl2IO8S. The first-order valence-corrected chi connectivity index (χ1v) is 17.1. The smallest absolute Gasteiger partial charge is 0.166 e. The van der Waals surface area contributed by atoms with Gasteiger partial charge in [-0.1, -0.05) is 91.0 Å². The van der Waals surface area contributed by atoms with Gasteiger partial charge in [0.15, 0.2) is 14.7 Å². The summed E-state index contributed by atoms with van der Waals surface area (Å²) in [4.78, 5) is 4.05. The highest BCUT2D eigenvalue weighted by Crippen LogP contribution is 2.31. The van der Waals surface area contributed by atoms with Crippen LogP contribution in [-0.4, -0.2) is 4.66 Å². The molecule has 0 aliphatic heterocycles. The second kappa shape index (κ2) is 16.5. The van der Waals surface area contributed by atoms with E-state index in [9.17, 15) is 0 Å². The molecule has 224 valence electrons. The highest BCUT2D eigenvalue weighted by molar-refractivity contribution is 14.1. The van der Waals surface area contributed by atoms with Crippen molar-refractivity contribution in [2.75, 3.05) is 0 Å². The molecule has 0 atom stereocenters. The molecule has 0 amide bonds. The zero-order valence-electron chi connectivity index (χ0n) is 22.3. The summed E-state index contributed by atoms with van der Waals surface area (Å²) in [6, 6.07) is 48.3. The Balaban J connectivity index is 0.000000440. The van der Waals surface area contributed by atoms with Crippen LogP contribution in [0.25, 0.3) is 11.1 Å². The second-order valence-corrected chi connectivity index (χ2v) is 13.4. The fourth-order valence-corrected chi connectivity index (χ4v) is 6.78. The van der Waals surface area contributed by atoms with Gasteiger partial charge >= 0.3 is 0 Å². The molecule has 43 heavy (non-hydrogen) atoms. The lowest BCUT2D eigenvalue weighted by Crippen LogP contribution is -2.68. The fourth-order valence-electron chi connectivity index (χ4n) is 4.00. The normalized spacial score (nSPS) is 11.2. The van der Waals surface area contributed by atoms with Crippen LogP contribution in [0.1, 0.15) is 11.1 Å². The van der Waals surface area contributed by atoms with E-state index in [-0.39, 0.29) is 10.9 Å². The van der Waals surface area contributed by atoms with Crippen molar-refractivity contribution in [3.63, 3.8) is 0 Å². The minimum atomic E-state index is -4.94. The summed E-state index contributed by atoms with van der Waals surface area (Å²) < 4.78 is 68.0. The molecule has 0 radical (unpaired) electrons. The standard InChI is InChI=1S/C31H24IS.2ClHO4/c32-31-14-8-7-13-30(31)26-19-15-24(16-20-26)23-25-17-21-29(22-18-25)33(27-9-3-1-4-10-27)28-11-5-2-6-12-28;2*2-1(3,4)5/h1-22H,23H2;2*(H,2,3,4,5)/q+1;;/p-1. The predicted octanol–water partition coefficient (Wildman–Crippen LogP) is -0.236. The van der Waals surface area contributed by atoms with E-state index in [0.29, 0.717) is 0 Å². The number of benzene rings is 5. The highest BCUT2D eigenvalue weighted by atomic mass is 127. The Bertz CT molecular complexity index is 1470. The molecule has 5 aromatic carbocycles. The van der Waals surface area contributed by atoms with Crippen LogP contribution in [0, 0.1) is 24.1 Å². The number of hydrogen-bond donors (Lipinski definition) is 1. The lowest BCUT2D eigenvalue weighted by atomic mass is 10.0. The monoisotopic (exact) mass is 754 g/mol. The first-order valence-electron chi connectivity index (χ1n) is 12.3. The average Bonchev–Trinajstić information content (AvgIpc) is 2.94. The average molecular weight is 755 g/mol. The number of halogens is 3. The summed E-state index contributed by atoms with van der Waals surface area (Å²) in [5, 5.41) is 0. The van der Waals surface area contributed by atoms with Gasteiger partial charge in [-0.25, -0.2) is 18.6 Å². The van der Waals surface area contributed by atoms with E-state index in [1.165, 1.54) is 40.5 Å². The van der Waals surface area contributed by atoms with E-state index in [0.717, 1.165) is 6.42 Å². The van der Waals surface area contributed by atoms with Crippen molar-refractivity contribution in [2.45, 2.75) is 21.1 Å². The second-order valence-electron chi connectivity index (χ2n) is 8.70. The van der Waals surface area contributed by atoms with Crippen molar-refractivity contribution in [1.82, 2.24) is 0 Å².